The first kappa shape index (κ1) is 17.8. The quantitative estimate of drug-likeness (QED) is 0.835. The van der Waals surface area contributed by atoms with Gasteiger partial charge in [-0.1, -0.05) is 13.8 Å². The van der Waals surface area contributed by atoms with Gasteiger partial charge in [0, 0.05) is 39.3 Å². The molecule has 1 amide bonds. The average Bonchev–Trinajstić information content (AvgIpc) is 2.94. The van der Waals surface area contributed by atoms with E-state index in [1.165, 1.54) is 24.3 Å². The predicted octanol–water partition coefficient (Wildman–Crippen LogP) is 2.27. The fraction of sp³-hybridized carbons (Fsp3) is 0.778. The van der Waals surface area contributed by atoms with Crippen molar-refractivity contribution in [1.29, 1.82) is 0 Å². The van der Waals surface area contributed by atoms with Crippen LogP contribution in [0.5, 0.6) is 0 Å². The second-order valence-electron chi connectivity index (χ2n) is 7.41. The predicted molar refractivity (Wildman–Crippen MR) is 99.6 cm³/mol. The highest BCUT2D eigenvalue weighted by Gasteiger charge is 2.28. The maximum absolute atomic E-state index is 12.8. The zero-order chi connectivity index (χ0) is 17.1. The van der Waals surface area contributed by atoms with Gasteiger partial charge in [-0.25, -0.2) is 0 Å². The Morgan fingerprint density at radius 3 is 2.54 bits per heavy atom. The van der Waals surface area contributed by atoms with Crippen molar-refractivity contribution < 1.29 is 4.79 Å². The number of nitrogens with zero attached hydrogens (tertiary/aromatic N) is 4. The maximum atomic E-state index is 12.8. The molecule has 1 aromatic heterocycles. The van der Waals surface area contributed by atoms with E-state index in [1.807, 2.05) is 18.0 Å². The van der Waals surface area contributed by atoms with Gasteiger partial charge in [-0.3, -0.25) is 14.4 Å². The molecule has 0 saturated carbocycles. The van der Waals surface area contributed by atoms with Crippen LogP contribution < -0.4 is 0 Å². The molecule has 3 rings (SSSR count). The lowest BCUT2D eigenvalue weighted by Gasteiger charge is -2.40. The summed E-state index contributed by atoms with van der Waals surface area (Å²) in [5, 5.41) is 4.51. The minimum Gasteiger partial charge on any atom is -0.335 e. The Morgan fingerprint density at radius 1 is 1.25 bits per heavy atom. The van der Waals surface area contributed by atoms with E-state index >= 15 is 0 Å². The van der Waals surface area contributed by atoms with Crippen molar-refractivity contribution in [2.45, 2.75) is 39.2 Å². The van der Waals surface area contributed by atoms with Crippen LogP contribution in [-0.2, 0) is 13.5 Å². The first-order valence-corrected chi connectivity index (χ1v) is 10.3. The van der Waals surface area contributed by atoms with Gasteiger partial charge < -0.3 is 4.90 Å². The van der Waals surface area contributed by atoms with Gasteiger partial charge >= 0.3 is 0 Å². The van der Waals surface area contributed by atoms with Crippen LogP contribution in [-0.4, -0.2) is 69.2 Å². The summed E-state index contributed by atoms with van der Waals surface area (Å²) in [6.45, 7) is 8.06. The monoisotopic (exact) mass is 350 g/mol. The lowest BCUT2D eigenvalue weighted by molar-refractivity contribution is 0.0549. The number of piperazine rings is 1. The average molecular weight is 351 g/mol. The van der Waals surface area contributed by atoms with Crippen LogP contribution in [0, 0.1) is 5.92 Å². The molecule has 0 unspecified atom stereocenters. The summed E-state index contributed by atoms with van der Waals surface area (Å²) >= 11 is 2.07. The molecule has 134 valence electrons. The fourth-order valence-corrected chi connectivity index (χ4v) is 4.83. The number of hydrogen-bond donors (Lipinski definition) is 0. The summed E-state index contributed by atoms with van der Waals surface area (Å²) in [4.78, 5) is 17.4. The third-order valence-electron chi connectivity index (χ3n) is 5.08. The van der Waals surface area contributed by atoms with Gasteiger partial charge in [-0.2, -0.15) is 16.9 Å². The molecular formula is C18H30N4OS. The van der Waals surface area contributed by atoms with Crippen LogP contribution in [0.2, 0.25) is 0 Å². The van der Waals surface area contributed by atoms with Crippen LogP contribution in [0.25, 0.3) is 0 Å². The van der Waals surface area contributed by atoms with Crippen LogP contribution in [0.15, 0.2) is 6.07 Å². The number of carbonyl (C=O) groups excluding carboxylic acids is 1. The molecule has 6 heteroatoms. The molecule has 0 bridgehead atoms. The van der Waals surface area contributed by atoms with Gasteiger partial charge in [-0.15, -0.1) is 0 Å². The second-order valence-corrected chi connectivity index (χ2v) is 8.64. The third-order valence-corrected chi connectivity index (χ3v) is 6.12. The van der Waals surface area contributed by atoms with E-state index in [2.05, 4.69) is 35.6 Å². The van der Waals surface area contributed by atoms with E-state index in [0.717, 1.165) is 50.0 Å². The Kier molecular flexibility index (Phi) is 5.87. The molecule has 0 radical (unpaired) electrons. The Bertz CT molecular complexity index is 557. The fourth-order valence-electron chi connectivity index (χ4n) is 3.75. The number of hydrogen-bond acceptors (Lipinski definition) is 4. The number of carbonyl (C=O) groups is 1. The number of rotatable bonds is 4. The van der Waals surface area contributed by atoms with Crippen LogP contribution in [0.1, 0.15) is 42.9 Å². The zero-order valence-corrected chi connectivity index (χ0v) is 16.0. The SMILES string of the molecule is CC(C)Cc1cc(C(=O)N2CCN(C3CCSCC3)CC2)n(C)n1. The lowest BCUT2D eigenvalue weighted by atomic mass is 10.1. The van der Waals surface area contributed by atoms with Gasteiger partial charge in [0.25, 0.3) is 5.91 Å². The maximum Gasteiger partial charge on any atom is 0.272 e. The normalized spacial score (nSPS) is 20.8. The van der Waals surface area contributed by atoms with Gasteiger partial charge in [0.1, 0.15) is 5.69 Å². The van der Waals surface area contributed by atoms with E-state index in [-0.39, 0.29) is 5.91 Å². The highest BCUT2D eigenvalue weighted by Crippen LogP contribution is 2.23. The molecule has 0 N–H and O–H groups in total. The minimum atomic E-state index is 0.138. The highest BCUT2D eigenvalue weighted by atomic mass is 32.2. The summed E-state index contributed by atoms with van der Waals surface area (Å²) in [5.74, 6) is 3.27. The van der Waals surface area contributed by atoms with Crippen molar-refractivity contribution in [3.63, 3.8) is 0 Å². The molecule has 2 saturated heterocycles. The van der Waals surface area contributed by atoms with E-state index < -0.39 is 0 Å². The van der Waals surface area contributed by atoms with Gasteiger partial charge in [0.05, 0.1) is 5.69 Å². The minimum absolute atomic E-state index is 0.138. The summed E-state index contributed by atoms with van der Waals surface area (Å²) < 4.78 is 1.75. The summed E-state index contributed by atoms with van der Waals surface area (Å²) in [5.41, 5.74) is 1.75. The molecule has 0 aromatic carbocycles. The molecule has 0 atom stereocenters. The van der Waals surface area contributed by atoms with Crippen molar-refractivity contribution in [2.75, 3.05) is 37.7 Å². The molecule has 2 fully saturated rings. The van der Waals surface area contributed by atoms with E-state index in [1.54, 1.807) is 4.68 Å². The molecule has 1 aromatic rings. The first-order chi connectivity index (χ1) is 11.5. The third kappa shape index (κ3) is 4.14. The zero-order valence-electron chi connectivity index (χ0n) is 15.2. The topological polar surface area (TPSA) is 41.4 Å². The Hall–Kier alpha value is -1.01. The molecule has 2 aliphatic heterocycles. The van der Waals surface area contributed by atoms with Crippen molar-refractivity contribution >= 4 is 17.7 Å². The Labute approximate surface area is 149 Å². The molecular weight excluding hydrogens is 320 g/mol. The standard InChI is InChI=1S/C18H30N4OS/c1-14(2)12-15-13-17(20(3)19-15)18(23)22-8-6-21(7-9-22)16-4-10-24-11-5-16/h13-14,16H,4-12H2,1-3H3. The number of aryl methyl sites for hydroxylation is 1. The molecule has 2 aliphatic rings. The summed E-state index contributed by atoms with van der Waals surface area (Å²) in [7, 11) is 1.88. The van der Waals surface area contributed by atoms with E-state index in [9.17, 15) is 4.79 Å². The summed E-state index contributed by atoms with van der Waals surface area (Å²) in [6, 6.07) is 2.71. The largest absolute Gasteiger partial charge is 0.335 e. The van der Waals surface area contributed by atoms with Crippen molar-refractivity contribution in [1.82, 2.24) is 19.6 Å². The van der Waals surface area contributed by atoms with Crippen molar-refractivity contribution in [3.8, 4) is 0 Å². The van der Waals surface area contributed by atoms with Crippen LogP contribution in [0.4, 0.5) is 0 Å². The van der Waals surface area contributed by atoms with Gasteiger partial charge in [-0.05, 0) is 42.8 Å². The Balaban J connectivity index is 1.57. The molecule has 0 aliphatic carbocycles. The van der Waals surface area contributed by atoms with Gasteiger partial charge in [0.2, 0.25) is 0 Å². The lowest BCUT2D eigenvalue weighted by Crippen LogP contribution is -2.52. The van der Waals surface area contributed by atoms with Crippen LogP contribution in [0.3, 0.4) is 0 Å². The first-order valence-electron chi connectivity index (χ1n) is 9.18. The number of amides is 1. The smallest absolute Gasteiger partial charge is 0.272 e. The van der Waals surface area contributed by atoms with E-state index in [4.69, 9.17) is 0 Å². The number of thioether (sulfide) groups is 1. The van der Waals surface area contributed by atoms with Gasteiger partial charge in [0.15, 0.2) is 0 Å². The van der Waals surface area contributed by atoms with Crippen LogP contribution >= 0.6 is 11.8 Å². The molecule has 24 heavy (non-hydrogen) atoms. The molecule has 0 spiro atoms. The second kappa shape index (κ2) is 7.91. The molecule has 5 nitrogen and oxygen atoms in total. The number of aromatic nitrogens is 2. The highest BCUT2D eigenvalue weighted by molar-refractivity contribution is 7.99. The Morgan fingerprint density at radius 2 is 1.92 bits per heavy atom. The van der Waals surface area contributed by atoms with Crippen molar-refractivity contribution in [2.24, 2.45) is 13.0 Å². The van der Waals surface area contributed by atoms with Crippen molar-refractivity contribution in [3.05, 3.63) is 17.5 Å². The van der Waals surface area contributed by atoms with E-state index in [0.29, 0.717) is 5.92 Å². The molecule has 3 heterocycles. The summed E-state index contributed by atoms with van der Waals surface area (Å²) in [6.07, 6.45) is 3.53.